The van der Waals surface area contributed by atoms with Gasteiger partial charge in [0.05, 0.1) is 28.8 Å². The summed E-state index contributed by atoms with van der Waals surface area (Å²) in [5.74, 6) is 1.60. The molecule has 40 heavy (non-hydrogen) atoms. The van der Waals surface area contributed by atoms with Crippen molar-refractivity contribution < 1.29 is 9.53 Å². The van der Waals surface area contributed by atoms with Crippen LogP contribution in [0.25, 0.3) is 39.6 Å². The Morgan fingerprint density at radius 3 is 2.38 bits per heavy atom. The van der Waals surface area contributed by atoms with Crippen molar-refractivity contribution in [1.29, 1.82) is 0 Å². The molecule has 0 radical (unpaired) electrons. The molecule has 3 heterocycles. The highest BCUT2D eigenvalue weighted by Gasteiger charge is 2.28. The summed E-state index contributed by atoms with van der Waals surface area (Å²) >= 11 is 0. The largest absolute Gasteiger partial charge is 0.444 e. The number of carbonyl (C=O) groups is 1. The number of rotatable bonds is 4. The van der Waals surface area contributed by atoms with Gasteiger partial charge in [-0.1, -0.05) is 66.7 Å². The zero-order valence-corrected chi connectivity index (χ0v) is 23.0. The molecule has 1 aliphatic rings. The average Bonchev–Trinajstić information content (AvgIpc) is 3.27. The van der Waals surface area contributed by atoms with Gasteiger partial charge in [-0.25, -0.2) is 14.8 Å². The first-order valence-electron chi connectivity index (χ1n) is 13.4. The lowest BCUT2D eigenvalue weighted by Gasteiger charge is -2.22. The van der Waals surface area contributed by atoms with Gasteiger partial charge in [-0.3, -0.25) is 4.57 Å². The summed E-state index contributed by atoms with van der Waals surface area (Å²) in [6.45, 7) is 7.51. The van der Waals surface area contributed by atoms with Crippen LogP contribution in [0, 0.1) is 0 Å². The fourth-order valence-corrected chi connectivity index (χ4v) is 4.98. The third-order valence-corrected chi connectivity index (χ3v) is 6.79. The molecule has 0 fully saturated rings. The minimum Gasteiger partial charge on any atom is -0.444 e. The number of hydrogen-bond donors (Lipinski definition) is 2. The van der Waals surface area contributed by atoms with Gasteiger partial charge in [0, 0.05) is 22.9 Å². The molecule has 2 N–H and O–H groups in total. The Balaban J connectivity index is 1.50. The Bertz CT molecular complexity index is 1680. The van der Waals surface area contributed by atoms with E-state index < -0.39 is 11.7 Å². The maximum Gasteiger partial charge on any atom is 0.408 e. The number of para-hydroxylation sites is 1. The predicted octanol–water partition coefficient (Wildman–Crippen LogP) is 7.91. The van der Waals surface area contributed by atoms with E-state index in [1.54, 1.807) is 6.20 Å². The summed E-state index contributed by atoms with van der Waals surface area (Å²) in [5.41, 5.74) is 7.16. The van der Waals surface area contributed by atoms with Crippen LogP contribution in [0.4, 0.5) is 16.3 Å². The quantitative estimate of drug-likeness (QED) is 0.242. The predicted molar refractivity (Wildman–Crippen MR) is 159 cm³/mol. The summed E-state index contributed by atoms with van der Waals surface area (Å²) in [7, 11) is 0. The lowest BCUT2D eigenvalue weighted by molar-refractivity contribution is 0.0508. The maximum atomic E-state index is 12.4. The Morgan fingerprint density at radius 1 is 0.900 bits per heavy atom. The minimum absolute atomic E-state index is 0.221. The molecule has 200 valence electrons. The lowest BCUT2D eigenvalue weighted by atomic mass is 10.0. The topological polar surface area (TPSA) is 81.1 Å². The highest BCUT2D eigenvalue weighted by Crippen LogP contribution is 2.44. The van der Waals surface area contributed by atoms with E-state index >= 15 is 0 Å². The van der Waals surface area contributed by atoms with Crippen LogP contribution in [0.3, 0.4) is 0 Å². The summed E-state index contributed by atoms with van der Waals surface area (Å²) in [5, 5.41) is 6.44. The fraction of sp³-hybridized carbons (Fsp3) is 0.182. The maximum absolute atomic E-state index is 12.4. The summed E-state index contributed by atoms with van der Waals surface area (Å²) in [4.78, 5) is 22.3. The van der Waals surface area contributed by atoms with Crippen molar-refractivity contribution in [2.24, 2.45) is 0 Å². The number of carbonyl (C=O) groups excluding carboxylic acids is 1. The Kier molecular flexibility index (Phi) is 6.34. The number of benzene rings is 3. The number of hydrogen-bond acceptors (Lipinski definition) is 5. The Morgan fingerprint density at radius 2 is 1.62 bits per heavy atom. The monoisotopic (exact) mass is 529 g/mol. The summed E-state index contributed by atoms with van der Waals surface area (Å²) in [6, 6.07) is 30.4. The van der Waals surface area contributed by atoms with E-state index in [0.717, 1.165) is 56.7 Å². The van der Waals surface area contributed by atoms with E-state index in [2.05, 4.69) is 56.6 Å². The fourth-order valence-electron chi connectivity index (χ4n) is 4.98. The molecule has 0 bridgehead atoms. The van der Waals surface area contributed by atoms with Crippen molar-refractivity contribution in [2.45, 2.75) is 39.3 Å². The van der Waals surface area contributed by atoms with Crippen LogP contribution in [0.5, 0.6) is 0 Å². The molecule has 1 amide bonds. The number of pyridine rings is 1. The van der Waals surface area contributed by atoms with E-state index in [-0.39, 0.29) is 6.04 Å². The second-order valence-electron chi connectivity index (χ2n) is 10.9. The highest BCUT2D eigenvalue weighted by molar-refractivity contribution is 5.90. The highest BCUT2D eigenvalue weighted by atomic mass is 16.6. The number of alkyl carbamates (subject to hydrolysis) is 1. The molecule has 1 unspecified atom stereocenters. The van der Waals surface area contributed by atoms with Crippen LogP contribution < -0.4 is 10.6 Å². The molecule has 0 saturated carbocycles. The van der Waals surface area contributed by atoms with E-state index in [0.29, 0.717) is 0 Å². The van der Waals surface area contributed by atoms with Gasteiger partial charge in [0.15, 0.2) is 5.82 Å². The molecule has 6 rings (SSSR count). The standard InChI is InChI=1S/C33H31N5O2/c1-21(35-32(39)40-33(2,3)4)22-16-18-24(19-17-22)29-28(23-11-6-5-7-12-23)37-31-25-13-8-9-14-26(25)36-30-27(38(29)31)15-10-20-34-30/h5-21H,1-4H3,(H,34,36)(H,35,39). The third-order valence-electron chi connectivity index (χ3n) is 6.79. The molecule has 2 aromatic heterocycles. The number of ether oxygens (including phenoxy) is 1. The smallest absolute Gasteiger partial charge is 0.408 e. The first kappa shape index (κ1) is 25.4. The minimum atomic E-state index is -0.556. The average molecular weight is 530 g/mol. The van der Waals surface area contributed by atoms with Crippen molar-refractivity contribution in [2.75, 3.05) is 5.32 Å². The Hall–Kier alpha value is -4.91. The van der Waals surface area contributed by atoms with Gasteiger partial charge < -0.3 is 15.4 Å². The molecule has 0 spiro atoms. The third kappa shape index (κ3) is 4.82. The Labute approximate surface area is 233 Å². The number of aromatic nitrogens is 3. The van der Waals surface area contributed by atoms with Crippen molar-refractivity contribution in [3.63, 3.8) is 0 Å². The molecule has 3 aromatic carbocycles. The second-order valence-corrected chi connectivity index (χ2v) is 10.9. The molecule has 7 heteroatoms. The van der Waals surface area contributed by atoms with Gasteiger partial charge in [-0.2, -0.15) is 0 Å². The van der Waals surface area contributed by atoms with Crippen molar-refractivity contribution in [3.8, 4) is 39.6 Å². The van der Waals surface area contributed by atoms with Crippen LogP contribution >= 0.6 is 0 Å². The molecule has 0 saturated heterocycles. The van der Waals surface area contributed by atoms with Gasteiger partial charge in [-0.15, -0.1) is 0 Å². The summed E-state index contributed by atoms with van der Waals surface area (Å²) < 4.78 is 7.64. The zero-order valence-electron chi connectivity index (χ0n) is 23.0. The van der Waals surface area contributed by atoms with Crippen LogP contribution in [-0.4, -0.2) is 26.2 Å². The number of anilines is 2. The first-order chi connectivity index (χ1) is 19.3. The molecule has 0 aliphatic carbocycles. The number of nitrogens with zero attached hydrogens (tertiary/aromatic N) is 3. The number of amides is 1. The van der Waals surface area contributed by atoms with Gasteiger partial charge in [0.25, 0.3) is 0 Å². The van der Waals surface area contributed by atoms with Crippen molar-refractivity contribution in [3.05, 3.63) is 103 Å². The van der Waals surface area contributed by atoms with E-state index in [9.17, 15) is 4.79 Å². The first-order valence-corrected chi connectivity index (χ1v) is 13.4. The second kappa shape index (κ2) is 10.0. The van der Waals surface area contributed by atoms with Gasteiger partial charge in [-0.05, 0) is 57.5 Å². The van der Waals surface area contributed by atoms with Gasteiger partial charge >= 0.3 is 6.09 Å². The van der Waals surface area contributed by atoms with Gasteiger partial charge in [0.1, 0.15) is 11.4 Å². The van der Waals surface area contributed by atoms with Crippen LogP contribution in [-0.2, 0) is 4.74 Å². The molecular formula is C33H31N5O2. The zero-order chi connectivity index (χ0) is 27.9. The number of imidazole rings is 1. The van der Waals surface area contributed by atoms with E-state index in [4.69, 9.17) is 9.72 Å². The molecule has 1 atom stereocenters. The van der Waals surface area contributed by atoms with E-state index in [1.165, 1.54) is 0 Å². The van der Waals surface area contributed by atoms with Crippen LogP contribution in [0.1, 0.15) is 39.3 Å². The molecule has 5 aromatic rings. The summed E-state index contributed by atoms with van der Waals surface area (Å²) in [6.07, 6.45) is 1.36. The normalized spacial score (nSPS) is 12.7. The molecule has 7 nitrogen and oxygen atoms in total. The molecule has 1 aliphatic heterocycles. The molecular weight excluding hydrogens is 498 g/mol. The van der Waals surface area contributed by atoms with Crippen LogP contribution in [0.2, 0.25) is 0 Å². The van der Waals surface area contributed by atoms with Gasteiger partial charge in [0.2, 0.25) is 0 Å². The SMILES string of the molecule is CC(NC(=O)OC(C)(C)C)c1ccc(-c2c(-c3ccccc3)nc3n2-c2cccnc2Nc2ccccc2-3)cc1. The van der Waals surface area contributed by atoms with Crippen molar-refractivity contribution in [1.82, 2.24) is 19.9 Å². The lowest BCUT2D eigenvalue weighted by Crippen LogP contribution is -2.34. The van der Waals surface area contributed by atoms with Crippen molar-refractivity contribution >= 4 is 17.6 Å². The number of fused-ring (bicyclic) bond motifs is 5. The van der Waals surface area contributed by atoms with E-state index in [1.807, 2.05) is 82.3 Å². The van der Waals surface area contributed by atoms with Crippen LogP contribution in [0.15, 0.2) is 97.2 Å². The number of nitrogens with one attached hydrogen (secondary N) is 2.